The van der Waals surface area contributed by atoms with E-state index >= 15 is 0 Å². The number of piperidine rings is 1. The maximum absolute atomic E-state index is 12.5. The third kappa shape index (κ3) is 2.46. The van der Waals surface area contributed by atoms with Gasteiger partial charge in [0.1, 0.15) is 5.75 Å². The number of phenolic OH excluding ortho intramolecular Hbond substituents is 1. The summed E-state index contributed by atoms with van der Waals surface area (Å²) >= 11 is 6.04. The third-order valence-corrected chi connectivity index (χ3v) is 4.14. The first-order chi connectivity index (χ1) is 8.50. The number of benzene rings is 1. The second-order valence-electron chi connectivity index (χ2n) is 5.02. The van der Waals surface area contributed by atoms with Crippen molar-refractivity contribution in [1.82, 2.24) is 4.90 Å². The van der Waals surface area contributed by atoms with Crippen LogP contribution in [0, 0.1) is 5.92 Å². The van der Waals surface area contributed by atoms with E-state index in [1.807, 2.05) is 4.90 Å². The number of phenols is 1. The molecule has 3 nitrogen and oxygen atoms in total. The quantitative estimate of drug-likeness (QED) is 0.848. The molecule has 1 saturated heterocycles. The highest BCUT2D eigenvalue weighted by Crippen LogP contribution is 2.28. The van der Waals surface area contributed by atoms with Gasteiger partial charge in [-0.15, -0.1) is 0 Å². The van der Waals surface area contributed by atoms with Crippen LogP contribution in [0.25, 0.3) is 0 Å². The molecule has 1 aromatic carbocycles. The lowest BCUT2D eigenvalue weighted by atomic mass is 9.91. The number of aromatic hydroxyl groups is 1. The van der Waals surface area contributed by atoms with E-state index in [2.05, 4.69) is 13.8 Å². The normalized spacial score (nSPS) is 24.1. The molecular weight excluding hydrogens is 250 g/mol. The summed E-state index contributed by atoms with van der Waals surface area (Å²) in [6.45, 7) is 4.99. The fourth-order valence-electron chi connectivity index (χ4n) is 2.45. The molecule has 0 spiro atoms. The Bertz CT molecular complexity index is 461. The lowest BCUT2D eigenvalue weighted by Gasteiger charge is -2.38. The van der Waals surface area contributed by atoms with Crippen molar-refractivity contribution in [2.45, 2.75) is 32.7 Å². The number of hydrogen-bond donors (Lipinski definition) is 1. The van der Waals surface area contributed by atoms with Crippen LogP contribution in [-0.2, 0) is 0 Å². The van der Waals surface area contributed by atoms with Crippen LogP contribution in [0.15, 0.2) is 18.2 Å². The molecule has 0 bridgehead atoms. The second-order valence-corrected chi connectivity index (χ2v) is 5.43. The van der Waals surface area contributed by atoms with Crippen molar-refractivity contribution in [1.29, 1.82) is 0 Å². The predicted molar refractivity (Wildman–Crippen MR) is 72.0 cm³/mol. The van der Waals surface area contributed by atoms with Crippen molar-refractivity contribution >= 4 is 17.5 Å². The Balaban J connectivity index is 2.27. The van der Waals surface area contributed by atoms with Crippen LogP contribution in [0.1, 0.15) is 37.0 Å². The van der Waals surface area contributed by atoms with E-state index < -0.39 is 0 Å². The molecule has 2 rings (SSSR count). The standard InChI is InChI=1S/C14H18ClNO2/c1-9-4-3-7-16(10(9)2)14(18)12-8-11(17)5-6-13(12)15/h5-6,8-10,17H,3-4,7H2,1-2H3. The summed E-state index contributed by atoms with van der Waals surface area (Å²) in [5.41, 5.74) is 0.387. The Morgan fingerprint density at radius 1 is 1.44 bits per heavy atom. The topological polar surface area (TPSA) is 40.5 Å². The van der Waals surface area contributed by atoms with Gasteiger partial charge in [0.15, 0.2) is 0 Å². The molecule has 0 aromatic heterocycles. The van der Waals surface area contributed by atoms with E-state index in [0.717, 1.165) is 19.4 Å². The molecule has 1 aromatic rings. The van der Waals surface area contributed by atoms with Crippen LogP contribution in [0.5, 0.6) is 5.75 Å². The fraction of sp³-hybridized carbons (Fsp3) is 0.500. The van der Waals surface area contributed by atoms with Gasteiger partial charge in [0.25, 0.3) is 5.91 Å². The lowest BCUT2D eigenvalue weighted by Crippen LogP contribution is -2.46. The molecule has 0 saturated carbocycles. The maximum Gasteiger partial charge on any atom is 0.255 e. The molecule has 1 N–H and O–H groups in total. The maximum atomic E-state index is 12.5. The van der Waals surface area contributed by atoms with E-state index in [4.69, 9.17) is 11.6 Å². The van der Waals surface area contributed by atoms with Crippen molar-refractivity contribution in [3.05, 3.63) is 28.8 Å². The minimum absolute atomic E-state index is 0.0699. The highest BCUT2D eigenvalue weighted by Gasteiger charge is 2.29. The molecule has 1 amide bonds. The molecule has 4 heteroatoms. The van der Waals surface area contributed by atoms with E-state index in [1.165, 1.54) is 12.1 Å². The number of likely N-dealkylation sites (tertiary alicyclic amines) is 1. The molecule has 0 aliphatic carbocycles. The summed E-state index contributed by atoms with van der Waals surface area (Å²) in [6, 6.07) is 4.70. The molecule has 1 fully saturated rings. The smallest absolute Gasteiger partial charge is 0.255 e. The Kier molecular flexibility index (Phi) is 3.81. The van der Waals surface area contributed by atoms with Gasteiger partial charge in [0, 0.05) is 12.6 Å². The summed E-state index contributed by atoms with van der Waals surface area (Å²) in [4.78, 5) is 14.3. The van der Waals surface area contributed by atoms with Crippen LogP contribution < -0.4 is 0 Å². The monoisotopic (exact) mass is 267 g/mol. The van der Waals surface area contributed by atoms with Gasteiger partial charge in [0.05, 0.1) is 10.6 Å². The number of carbonyl (C=O) groups is 1. The van der Waals surface area contributed by atoms with Crippen LogP contribution in [-0.4, -0.2) is 28.5 Å². The van der Waals surface area contributed by atoms with Crippen molar-refractivity contribution in [2.75, 3.05) is 6.54 Å². The first kappa shape index (κ1) is 13.2. The van der Waals surface area contributed by atoms with Gasteiger partial charge in [-0.3, -0.25) is 4.79 Å². The van der Waals surface area contributed by atoms with Gasteiger partial charge >= 0.3 is 0 Å². The molecular formula is C14H18ClNO2. The molecule has 1 heterocycles. The van der Waals surface area contributed by atoms with E-state index in [1.54, 1.807) is 6.07 Å². The lowest BCUT2D eigenvalue weighted by molar-refractivity contribution is 0.0551. The summed E-state index contributed by atoms with van der Waals surface area (Å²) < 4.78 is 0. The summed E-state index contributed by atoms with van der Waals surface area (Å²) in [7, 11) is 0. The van der Waals surface area contributed by atoms with Gasteiger partial charge in [-0.2, -0.15) is 0 Å². The van der Waals surface area contributed by atoms with E-state index in [0.29, 0.717) is 16.5 Å². The van der Waals surface area contributed by atoms with Gasteiger partial charge < -0.3 is 10.0 Å². The zero-order valence-corrected chi connectivity index (χ0v) is 11.4. The Hall–Kier alpha value is -1.22. The summed E-state index contributed by atoms with van der Waals surface area (Å²) in [5.74, 6) is 0.481. The Morgan fingerprint density at radius 2 is 2.17 bits per heavy atom. The van der Waals surface area contributed by atoms with Gasteiger partial charge in [0.2, 0.25) is 0 Å². The highest BCUT2D eigenvalue weighted by molar-refractivity contribution is 6.33. The average Bonchev–Trinajstić information content (AvgIpc) is 2.35. The zero-order valence-electron chi connectivity index (χ0n) is 10.7. The molecule has 0 radical (unpaired) electrons. The number of carbonyl (C=O) groups excluding carboxylic acids is 1. The molecule has 1 aliphatic rings. The SMILES string of the molecule is CC1CCCN(C(=O)c2cc(O)ccc2Cl)C1C. The fourth-order valence-corrected chi connectivity index (χ4v) is 2.65. The molecule has 1 aliphatic heterocycles. The largest absolute Gasteiger partial charge is 0.508 e. The zero-order chi connectivity index (χ0) is 13.3. The van der Waals surface area contributed by atoms with Crippen molar-refractivity contribution in [2.24, 2.45) is 5.92 Å². The number of rotatable bonds is 1. The minimum Gasteiger partial charge on any atom is -0.508 e. The van der Waals surface area contributed by atoms with Gasteiger partial charge in [-0.05, 0) is 43.9 Å². The van der Waals surface area contributed by atoms with Crippen LogP contribution >= 0.6 is 11.6 Å². The van der Waals surface area contributed by atoms with Crippen LogP contribution in [0.2, 0.25) is 5.02 Å². The van der Waals surface area contributed by atoms with E-state index in [9.17, 15) is 9.90 Å². The van der Waals surface area contributed by atoms with Gasteiger partial charge in [-0.25, -0.2) is 0 Å². The first-order valence-corrected chi connectivity index (χ1v) is 6.68. The minimum atomic E-state index is -0.0880. The van der Waals surface area contributed by atoms with Crippen LogP contribution in [0.4, 0.5) is 0 Å². The predicted octanol–water partition coefficient (Wildman–Crippen LogP) is 3.31. The molecule has 2 unspecified atom stereocenters. The number of nitrogens with zero attached hydrogens (tertiary/aromatic N) is 1. The van der Waals surface area contributed by atoms with Crippen LogP contribution in [0.3, 0.4) is 0 Å². The summed E-state index contributed by atoms with van der Waals surface area (Å²) in [6.07, 6.45) is 2.17. The van der Waals surface area contributed by atoms with Crippen molar-refractivity contribution < 1.29 is 9.90 Å². The second kappa shape index (κ2) is 5.19. The highest BCUT2D eigenvalue weighted by atomic mass is 35.5. The first-order valence-electron chi connectivity index (χ1n) is 6.30. The molecule has 18 heavy (non-hydrogen) atoms. The Labute approximate surface area is 112 Å². The number of hydrogen-bond acceptors (Lipinski definition) is 2. The Morgan fingerprint density at radius 3 is 2.89 bits per heavy atom. The third-order valence-electron chi connectivity index (χ3n) is 3.81. The molecule has 2 atom stereocenters. The molecule has 98 valence electrons. The van der Waals surface area contributed by atoms with Crippen molar-refractivity contribution in [3.8, 4) is 5.75 Å². The van der Waals surface area contributed by atoms with Gasteiger partial charge in [-0.1, -0.05) is 18.5 Å². The summed E-state index contributed by atoms with van der Waals surface area (Å²) in [5, 5.41) is 9.87. The van der Waals surface area contributed by atoms with E-state index in [-0.39, 0.29) is 17.7 Å². The van der Waals surface area contributed by atoms with Crippen molar-refractivity contribution in [3.63, 3.8) is 0 Å². The average molecular weight is 268 g/mol. The number of halogens is 1. The number of amides is 1.